The van der Waals surface area contributed by atoms with Crippen molar-refractivity contribution in [3.05, 3.63) is 0 Å². The van der Waals surface area contributed by atoms with Gasteiger partial charge in [-0.2, -0.15) is 0 Å². The van der Waals surface area contributed by atoms with Gasteiger partial charge in [0.2, 0.25) is 11.8 Å². The fourth-order valence-corrected chi connectivity index (χ4v) is 1.27. The van der Waals surface area contributed by atoms with Crippen molar-refractivity contribution in [1.82, 2.24) is 15.1 Å². The molecule has 0 aromatic carbocycles. The van der Waals surface area contributed by atoms with Crippen LogP contribution in [0.5, 0.6) is 0 Å². The standard InChI is InChI=1S/C10H18N4O5/c1-12-8(16)3-4-13(2)10(19)14(5-7(11)15)6-9(17)18/h3-6H2,1-2H3,(H2,11,15)(H,12,16)(H,17,18). The highest BCUT2D eigenvalue weighted by Gasteiger charge is 2.22. The Kier molecular flexibility index (Phi) is 6.94. The Labute approximate surface area is 110 Å². The van der Waals surface area contributed by atoms with Gasteiger partial charge in [-0.05, 0) is 0 Å². The number of urea groups is 1. The number of hydrogen-bond acceptors (Lipinski definition) is 4. The van der Waals surface area contributed by atoms with E-state index in [1.807, 2.05) is 0 Å². The fourth-order valence-electron chi connectivity index (χ4n) is 1.27. The molecule has 0 aromatic rings. The molecule has 0 unspecified atom stereocenters. The van der Waals surface area contributed by atoms with Crippen molar-refractivity contribution in [3.8, 4) is 0 Å². The molecule has 0 rings (SSSR count). The second kappa shape index (κ2) is 7.90. The summed E-state index contributed by atoms with van der Waals surface area (Å²) >= 11 is 0. The Bertz CT molecular complexity index is 355. The highest BCUT2D eigenvalue weighted by atomic mass is 16.4. The molecule has 0 fully saturated rings. The van der Waals surface area contributed by atoms with Crippen molar-refractivity contribution in [2.75, 3.05) is 33.7 Å². The minimum Gasteiger partial charge on any atom is -0.480 e. The largest absolute Gasteiger partial charge is 0.480 e. The molecule has 0 saturated heterocycles. The number of carboxylic acid groups (broad SMARTS) is 1. The van der Waals surface area contributed by atoms with Crippen molar-refractivity contribution < 1.29 is 24.3 Å². The minimum absolute atomic E-state index is 0.0796. The van der Waals surface area contributed by atoms with Crippen molar-refractivity contribution in [2.45, 2.75) is 6.42 Å². The number of carboxylic acids is 1. The molecule has 4 N–H and O–H groups in total. The van der Waals surface area contributed by atoms with E-state index in [1.54, 1.807) is 0 Å². The molecule has 19 heavy (non-hydrogen) atoms. The first-order chi connectivity index (χ1) is 8.77. The van der Waals surface area contributed by atoms with E-state index in [9.17, 15) is 19.2 Å². The van der Waals surface area contributed by atoms with Crippen LogP contribution in [0.25, 0.3) is 0 Å². The molecular weight excluding hydrogens is 256 g/mol. The van der Waals surface area contributed by atoms with Crippen LogP contribution in [0.15, 0.2) is 0 Å². The van der Waals surface area contributed by atoms with E-state index in [0.717, 1.165) is 9.80 Å². The summed E-state index contributed by atoms with van der Waals surface area (Å²) in [6.45, 7) is -1.02. The maximum atomic E-state index is 11.9. The number of primary amides is 1. The van der Waals surface area contributed by atoms with E-state index in [1.165, 1.54) is 14.1 Å². The average Bonchev–Trinajstić information content (AvgIpc) is 2.32. The van der Waals surface area contributed by atoms with E-state index < -0.39 is 31.0 Å². The minimum atomic E-state index is -1.26. The van der Waals surface area contributed by atoms with Crippen molar-refractivity contribution in [1.29, 1.82) is 0 Å². The monoisotopic (exact) mass is 274 g/mol. The maximum absolute atomic E-state index is 11.9. The van der Waals surface area contributed by atoms with Crippen LogP contribution in [0.3, 0.4) is 0 Å². The van der Waals surface area contributed by atoms with E-state index >= 15 is 0 Å². The highest BCUT2D eigenvalue weighted by molar-refractivity contribution is 5.86. The van der Waals surface area contributed by atoms with Gasteiger partial charge in [-0.15, -0.1) is 0 Å². The number of carbonyl (C=O) groups is 4. The molecular formula is C10H18N4O5. The molecule has 0 bridgehead atoms. The third-order valence-electron chi connectivity index (χ3n) is 2.22. The fraction of sp³-hybridized carbons (Fsp3) is 0.600. The summed E-state index contributed by atoms with van der Waals surface area (Å²) in [5, 5.41) is 11.0. The number of carbonyl (C=O) groups excluding carboxylic acids is 3. The van der Waals surface area contributed by atoms with Gasteiger partial charge < -0.3 is 26.0 Å². The van der Waals surface area contributed by atoms with Gasteiger partial charge in [-0.3, -0.25) is 14.4 Å². The van der Waals surface area contributed by atoms with Crippen LogP contribution in [0, 0.1) is 0 Å². The molecule has 0 saturated carbocycles. The summed E-state index contributed by atoms with van der Waals surface area (Å²) in [5.41, 5.74) is 4.94. The molecule has 0 aliphatic rings. The zero-order valence-corrected chi connectivity index (χ0v) is 10.9. The smallest absolute Gasteiger partial charge is 0.323 e. The van der Waals surface area contributed by atoms with Crippen LogP contribution in [0.2, 0.25) is 0 Å². The Morgan fingerprint density at radius 1 is 1.21 bits per heavy atom. The SMILES string of the molecule is CNC(=O)CCN(C)C(=O)N(CC(N)=O)CC(=O)O. The summed E-state index contributed by atoms with van der Waals surface area (Å²) in [4.78, 5) is 46.2. The third-order valence-corrected chi connectivity index (χ3v) is 2.22. The lowest BCUT2D eigenvalue weighted by atomic mass is 10.3. The Morgan fingerprint density at radius 2 is 1.79 bits per heavy atom. The van der Waals surface area contributed by atoms with Gasteiger partial charge in [-0.1, -0.05) is 0 Å². The second-order valence-electron chi connectivity index (χ2n) is 3.84. The quantitative estimate of drug-likeness (QED) is 0.496. The lowest BCUT2D eigenvalue weighted by Gasteiger charge is -2.25. The van der Waals surface area contributed by atoms with E-state index in [2.05, 4.69) is 5.32 Å². The second-order valence-corrected chi connectivity index (χ2v) is 3.84. The zero-order valence-electron chi connectivity index (χ0n) is 10.9. The van der Waals surface area contributed by atoms with Gasteiger partial charge in [-0.25, -0.2) is 4.79 Å². The van der Waals surface area contributed by atoms with Crippen LogP contribution < -0.4 is 11.1 Å². The Morgan fingerprint density at radius 3 is 2.21 bits per heavy atom. The molecule has 0 spiro atoms. The molecule has 0 heterocycles. The molecule has 0 radical (unpaired) electrons. The average molecular weight is 274 g/mol. The predicted molar refractivity (Wildman–Crippen MR) is 65.1 cm³/mol. The van der Waals surface area contributed by atoms with Crippen LogP contribution in [0.4, 0.5) is 4.79 Å². The van der Waals surface area contributed by atoms with E-state index in [0.29, 0.717) is 0 Å². The number of rotatable bonds is 7. The van der Waals surface area contributed by atoms with Crippen molar-refractivity contribution in [2.24, 2.45) is 5.73 Å². The molecule has 0 aliphatic heterocycles. The number of amides is 4. The molecule has 9 nitrogen and oxygen atoms in total. The van der Waals surface area contributed by atoms with Crippen molar-refractivity contribution >= 4 is 23.8 Å². The van der Waals surface area contributed by atoms with Gasteiger partial charge in [0.1, 0.15) is 13.1 Å². The molecule has 9 heteroatoms. The molecule has 0 atom stereocenters. The predicted octanol–water partition coefficient (Wildman–Crippen LogP) is -1.95. The number of hydrogen-bond donors (Lipinski definition) is 3. The summed E-state index contributed by atoms with van der Waals surface area (Å²) in [6, 6.07) is -0.676. The highest BCUT2D eigenvalue weighted by Crippen LogP contribution is 1.98. The zero-order chi connectivity index (χ0) is 15.0. The van der Waals surface area contributed by atoms with Crippen LogP contribution in [0.1, 0.15) is 6.42 Å². The topological polar surface area (TPSA) is 133 Å². The van der Waals surface area contributed by atoms with Gasteiger partial charge in [0.15, 0.2) is 0 Å². The first-order valence-electron chi connectivity index (χ1n) is 5.48. The molecule has 4 amide bonds. The van der Waals surface area contributed by atoms with Crippen LogP contribution in [-0.4, -0.2) is 72.5 Å². The molecule has 0 aromatic heterocycles. The van der Waals surface area contributed by atoms with Gasteiger partial charge in [0.05, 0.1) is 0 Å². The van der Waals surface area contributed by atoms with Gasteiger partial charge >= 0.3 is 12.0 Å². The summed E-state index contributed by atoms with van der Waals surface area (Å²) in [6.07, 6.45) is 0.0796. The number of nitrogens with zero attached hydrogens (tertiary/aromatic N) is 2. The molecule has 0 aliphatic carbocycles. The van der Waals surface area contributed by atoms with Crippen LogP contribution >= 0.6 is 0 Å². The van der Waals surface area contributed by atoms with E-state index in [4.69, 9.17) is 10.8 Å². The van der Waals surface area contributed by atoms with E-state index in [-0.39, 0.29) is 18.9 Å². The summed E-state index contributed by atoms with van der Waals surface area (Å²) in [5.74, 6) is -2.32. The van der Waals surface area contributed by atoms with Crippen molar-refractivity contribution in [3.63, 3.8) is 0 Å². The third kappa shape index (κ3) is 6.86. The molecule has 108 valence electrons. The lowest BCUT2D eigenvalue weighted by molar-refractivity contribution is -0.138. The first kappa shape index (κ1) is 16.7. The number of nitrogens with two attached hydrogens (primary N) is 1. The van der Waals surface area contributed by atoms with Crippen LogP contribution in [-0.2, 0) is 14.4 Å². The maximum Gasteiger partial charge on any atom is 0.323 e. The number of aliphatic carboxylic acids is 1. The summed E-state index contributed by atoms with van der Waals surface area (Å²) < 4.78 is 0. The van der Waals surface area contributed by atoms with Gasteiger partial charge in [0, 0.05) is 27.1 Å². The Balaban J connectivity index is 4.54. The summed E-state index contributed by atoms with van der Waals surface area (Å²) in [7, 11) is 2.87. The van der Waals surface area contributed by atoms with Gasteiger partial charge in [0.25, 0.3) is 0 Å². The number of nitrogens with one attached hydrogen (secondary N) is 1. The first-order valence-corrected chi connectivity index (χ1v) is 5.48. The normalized spacial score (nSPS) is 9.58. The Hall–Kier alpha value is -2.32. The lowest BCUT2D eigenvalue weighted by Crippen LogP contribution is -2.47.